The Morgan fingerprint density at radius 2 is 2.58 bits per heavy atom. The second kappa shape index (κ2) is 3.20. The van der Waals surface area contributed by atoms with Gasteiger partial charge in [-0.2, -0.15) is 5.10 Å². The number of nitrogens with zero attached hydrogens (tertiary/aromatic N) is 3. The molecule has 0 aliphatic carbocycles. The van der Waals surface area contributed by atoms with Crippen molar-refractivity contribution < 1.29 is 4.74 Å². The van der Waals surface area contributed by atoms with E-state index in [1.807, 2.05) is 7.05 Å². The molecule has 5 nitrogen and oxygen atoms in total. The molecule has 0 saturated carbocycles. The summed E-state index contributed by atoms with van der Waals surface area (Å²) in [4.78, 5) is 4.09. The van der Waals surface area contributed by atoms with Crippen molar-refractivity contribution in [3.63, 3.8) is 0 Å². The van der Waals surface area contributed by atoms with Gasteiger partial charge in [0.2, 0.25) is 0 Å². The molecule has 1 fully saturated rings. The average molecular weight is 168 g/mol. The molecular weight excluding hydrogens is 156 g/mol. The average Bonchev–Trinajstić information content (AvgIpc) is 2.33. The largest absolute Gasteiger partial charge is 0.378 e. The Hall–Kier alpha value is -0.940. The summed E-state index contributed by atoms with van der Waals surface area (Å²) in [6.45, 7) is 2.40. The number of aryl methyl sites for hydroxylation is 1. The molecule has 1 aliphatic rings. The molecule has 2 heterocycles. The summed E-state index contributed by atoms with van der Waals surface area (Å²) in [5, 5.41) is 7.29. The fourth-order valence-electron chi connectivity index (χ4n) is 1.07. The maximum atomic E-state index is 5.03. The Balaban J connectivity index is 1.82. The molecule has 0 atom stereocenters. The van der Waals surface area contributed by atoms with Crippen LogP contribution in [0.25, 0.3) is 0 Å². The first-order valence-electron chi connectivity index (χ1n) is 4.00. The van der Waals surface area contributed by atoms with Gasteiger partial charge in [-0.25, -0.2) is 4.98 Å². The summed E-state index contributed by atoms with van der Waals surface area (Å²) < 4.78 is 6.80. The van der Waals surface area contributed by atoms with Gasteiger partial charge in [0.1, 0.15) is 12.2 Å². The number of rotatable bonds is 3. The quantitative estimate of drug-likeness (QED) is 0.648. The standard InChI is InChI=1S/C7H12N4O/c1-11-7(9-5-10-11)2-8-6-3-12-4-6/h5-6,8H,2-4H2,1H3. The second-order valence-electron chi connectivity index (χ2n) is 2.92. The van der Waals surface area contributed by atoms with Crippen LogP contribution in [-0.2, 0) is 18.3 Å². The van der Waals surface area contributed by atoms with Crippen LogP contribution >= 0.6 is 0 Å². The predicted molar refractivity (Wildman–Crippen MR) is 42.4 cm³/mol. The van der Waals surface area contributed by atoms with E-state index in [-0.39, 0.29) is 0 Å². The molecule has 1 saturated heterocycles. The van der Waals surface area contributed by atoms with E-state index in [4.69, 9.17) is 4.74 Å². The molecule has 1 aromatic heterocycles. The molecule has 1 aliphatic heterocycles. The molecule has 1 aromatic rings. The number of aromatic nitrogens is 3. The van der Waals surface area contributed by atoms with Crippen LogP contribution in [0.5, 0.6) is 0 Å². The summed E-state index contributed by atoms with van der Waals surface area (Å²) in [7, 11) is 1.89. The van der Waals surface area contributed by atoms with Crippen molar-refractivity contribution >= 4 is 0 Å². The van der Waals surface area contributed by atoms with E-state index in [9.17, 15) is 0 Å². The number of ether oxygens (including phenoxy) is 1. The molecule has 0 amide bonds. The Kier molecular flexibility index (Phi) is 2.05. The molecule has 12 heavy (non-hydrogen) atoms. The van der Waals surface area contributed by atoms with Crippen LogP contribution in [-0.4, -0.2) is 34.0 Å². The van der Waals surface area contributed by atoms with Crippen LogP contribution < -0.4 is 5.32 Å². The summed E-state index contributed by atoms with van der Waals surface area (Å²) in [5.74, 6) is 0.960. The van der Waals surface area contributed by atoms with Gasteiger partial charge in [0, 0.05) is 7.05 Å². The van der Waals surface area contributed by atoms with E-state index in [0.717, 1.165) is 25.6 Å². The minimum Gasteiger partial charge on any atom is -0.378 e. The van der Waals surface area contributed by atoms with Crippen molar-refractivity contribution in [1.29, 1.82) is 0 Å². The van der Waals surface area contributed by atoms with Crippen molar-refractivity contribution in [2.24, 2.45) is 7.05 Å². The summed E-state index contributed by atoms with van der Waals surface area (Å²) in [5.41, 5.74) is 0. The third kappa shape index (κ3) is 1.46. The maximum absolute atomic E-state index is 5.03. The molecule has 0 unspecified atom stereocenters. The molecule has 0 aromatic carbocycles. The lowest BCUT2D eigenvalue weighted by Gasteiger charge is -2.26. The zero-order valence-corrected chi connectivity index (χ0v) is 7.03. The monoisotopic (exact) mass is 168 g/mol. The molecular formula is C7H12N4O. The van der Waals surface area contributed by atoms with E-state index < -0.39 is 0 Å². The zero-order chi connectivity index (χ0) is 8.39. The highest BCUT2D eigenvalue weighted by Gasteiger charge is 2.17. The van der Waals surface area contributed by atoms with Crippen molar-refractivity contribution in [2.75, 3.05) is 13.2 Å². The molecule has 1 N–H and O–H groups in total. The summed E-state index contributed by atoms with van der Waals surface area (Å²) >= 11 is 0. The minimum absolute atomic E-state index is 0.502. The number of hydrogen-bond acceptors (Lipinski definition) is 4. The van der Waals surface area contributed by atoms with E-state index in [0.29, 0.717) is 6.04 Å². The molecule has 66 valence electrons. The van der Waals surface area contributed by atoms with E-state index in [1.54, 1.807) is 11.0 Å². The Labute approximate surface area is 70.7 Å². The van der Waals surface area contributed by atoms with Crippen molar-refractivity contribution in [2.45, 2.75) is 12.6 Å². The van der Waals surface area contributed by atoms with Crippen molar-refractivity contribution in [3.8, 4) is 0 Å². The van der Waals surface area contributed by atoms with Crippen LogP contribution in [0.4, 0.5) is 0 Å². The van der Waals surface area contributed by atoms with Gasteiger partial charge in [-0.15, -0.1) is 0 Å². The first-order chi connectivity index (χ1) is 5.86. The lowest BCUT2D eigenvalue weighted by Crippen LogP contribution is -2.45. The molecule has 0 spiro atoms. The van der Waals surface area contributed by atoms with Gasteiger partial charge >= 0.3 is 0 Å². The van der Waals surface area contributed by atoms with Gasteiger partial charge in [0.15, 0.2) is 0 Å². The Morgan fingerprint density at radius 3 is 3.08 bits per heavy atom. The highest BCUT2D eigenvalue weighted by Crippen LogP contribution is 2.00. The van der Waals surface area contributed by atoms with Crippen LogP contribution in [0.1, 0.15) is 5.82 Å². The number of hydrogen-bond donors (Lipinski definition) is 1. The van der Waals surface area contributed by atoms with Gasteiger partial charge in [0.05, 0.1) is 25.8 Å². The lowest BCUT2D eigenvalue weighted by atomic mass is 10.2. The fraction of sp³-hybridized carbons (Fsp3) is 0.714. The van der Waals surface area contributed by atoms with Crippen molar-refractivity contribution in [1.82, 2.24) is 20.1 Å². The van der Waals surface area contributed by atoms with Gasteiger partial charge in [-0.1, -0.05) is 0 Å². The molecule has 0 bridgehead atoms. The van der Waals surface area contributed by atoms with E-state index in [1.165, 1.54) is 0 Å². The van der Waals surface area contributed by atoms with Crippen LogP contribution in [0.15, 0.2) is 6.33 Å². The lowest BCUT2D eigenvalue weighted by molar-refractivity contribution is -0.00615. The normalized spacial score (nSPS) is 17.8. The zero-order valence-electron chi connectivity index (χ0n) is 7.03. The Morgan fingerprint density at radius 1 is 1.75 bits per heavy atom. The smallest absolute Gasteiger partial charge is 0.140 e. The molecule has 5 heteroatoms. The predicted octanol–water partition coefficient (Wildman–Crippen LogP) is -0.696. The molecule has 2 rings (SSSR count). The third-order valence-corrected chi connectivity index (χ3v) is 1.99. The highest BCUT2D eigenvalue weighted by molar-refractivity contribution is 4.84. The van der Waals surface area contributed by atoms with Crippen LogP contribution in [0.2, 0.25) is 0 Å². The first-order valence-corrected chi connectivity index (χ1v) is 4.00. The van der Waals surface area contributed by atoms with Gasteiger partial charge in [0.25, 0.3) is 0 Å². The van der Waals surface area contributed by atoms with E-state index >= 15 is 0 Å². The van der Waals surface area contributed by atoms with Gasteiger partial charge < -0.3 is 10.1 Å². The summed E-state index contributed by atoms with van der Waals surface area (Å²) in [6.07, 6.45) is 1.56. The second-order valence-corrected chi connectivity index (χ2v) is 2.92. The maximum Gasteiger partial charge on any atom is 0.140 e. The van der Waals surface area contributed by atoms with Gasteiger partial charge in [-0.3, -0.25) is 4.68 Å². The first kappa shape index (κ1) is 7.70. The SMILES string of the molecule is Cn1ncnc1CNC1COC1. The highest BCUT2D eigenvalue weighted by atomic mass is 16.5. The number of nitrogens with one attached hydrogen (secondary N) is 1. The molecule has 0 radical (unpaired) electrons. The topological polar surface area (TPSA) is 52.0 Å². The van der Waals surface area contributed by atoms with Crippen LogP contribution in [0.3, 0.4) is 0 Å². The van der Waals surface area contributed by atoms with Crippen LogP contribution in [0, 0.1) is 0 Å². The van der Waals surface area contributed by atoms with E-state index in [2.05, 4.69) is 15.4 Å². The third-order valence-electron chi connectivity index (χ3n) is 1.99. The summed E-state index contributed by atoms with van der Waals surface area (Å²) in [6, 6.07) is 0.502. The van der Waals surface area contributed by atoms with Gasteiger partial charge in [-0.05, 0) is 0 Å². The fourth-order valence-corrected chi connectivity index (χ4v) is 1.07. The van der Waals surface area contributed by atoms with Crippen molar-refractivity contribution in [3.05, 3.63) is 12.2 Å². The Bertz CT molecular complexity index is 256. The minimum atomic E-state index is 0.502.